The third-order valence-electron chi connectivity index (χ3n) is 2.93. The average Bonchev–Trinajstić information content (AvgIpc) is 2.77. The molecule has 0 aliphatic carbocycles. The van der Waals surface area contributed by atoms with E-state index in [1.807, 2.05) is 31.5 Å². The van der Waals surface area contributed by atoms with E-state index in [-0.39, 0.29) is 11.9 Å². The number of aromatic nitrogens is 2. The van der Waals surface area contributed by atoms with Gasteiger partial charge >= 0.3 is 0 Å². The normalized spacial score (nSPS) is 12.5. The number of para-hydroxylation sites is 2. The third-order valence-corrected chi connectivity index (χ3v) is 2.93. The van der Waals surface area contributed by atoms with Gasteiger partial charge < -0.3 is 15.6 Å². The number of hydrogen-bond acceptors (Lipinski definition) is 3. The van der Waals surface area contributed by atoms with Gasteiger partial charge in [-0.1, -0.05) is 12.1 Å². The molecule has 1 aromatic heterocycles. The van der Waals surface area contributed by atoms with Crippen molar-refractivity contribution in [1.82, 2.24) is 14.9 Å². The summed E-state index contributed by atoms with van der Waals surface area (Å²) in [5.74, 6) is 0.0190. The molecular formula is C14H20N4O. The lowest BCUT2D eigenvalue weighted by molar-refractivity contribution is -0.121. The van der Waals surface area contributed by atoms with Crippen molar-refractivity contribution >= 4 is 16.9 Å². The average molecular weight is 260 g/mol. The number of nitrogens with two attached hydrogens (primary N) is 1. The minimum absolute atomic E-state index is 0.0190. The summed E-state index contributed by atoms with van der Waals surface area (Å²) in [6, 6.07) is 7.95. The van der Waals surface area contributed by atoms with E-state index in [1.54, 1.807) is 0 Å². The predicted octanol–water partition coefficient (Wildman–Crippen LogP) is 1.28. The molecule has 1 unspecified atom stereocenters. The fourth-order valence-electron chi connectivity index (χ4n) is 2.03. The van der Waals surface area contributed by atoms with E-state index >= 15 is 0 Å². The number of carbonyl (C=O) groups excluding carboxylic acids is 1. The summed E-state index contributed by atoms with van der Waals surface area (Å²) >= 11 is 0. The van der Waals surface area contributed by atoms with Gasteiger partial charge in [0.2, 0.25) is 5.91 Å². The highest BCUT2D eigenvalue weighted by Crippen LogP contribution is 2.11. The molecule has 102 valence electrons. The number of amides is 1. The Hall–Kier alpha value is -1.88. The van der Waals surface area contributed by atoms with Crippen molar-refractivity contribution < 1.29 is 4.79 Å². The monoisotopic (exact) mass is 260 g/mol. The SMILES string of the molecule is CC(N)CC(=O)NCCCn1cnc2ccccc21. The van der Waals surface area contributed by atoms with Gasteiger partial charge in [0.1, 0.15) is 0 Å². The molecule has 1 aromatic carbocycles. The van der Waals surface area contributed by atoms with E-state index in [0.717, 1.165) is 24.0 Å². The molecule has 0 saturated carbocycles. The Kier molecular flexibility index (Phi) is 4.52. The van der Waals surface area contributed by atoms with Crippen molar-refractivity contribution in [2.24, 2.45) is 5.73 Å². The second-order valence-corrected chi connectivity index (χ2v) is 4.81. The molecule has 0 bridgehead atoms. The Bertz CT molecular complexity index is 547. The Morgan fingerprint density at radius 2 is 2.26 bits per heavy atom. The molecule has 0 fully saturated rings. The van der Waals surface area contributed by atoms with Crippen molar-refractivity contribution in [3.63, 3.8) is 0 Å². The Morgan fingerprint density at radius 1 is 1.47 bits per heavy atom. The van der Waals surface area contributed by atoms with E-state index < -0.39 is 0 Å². The maximum Gasteiger partial charge on any atom is 0.221 e. The smallest absolute Gasteiger partial charge is 0.221 e. The fourth-order valence-corrected chi connectivity index (χ4v) is 2.03. The maximum absolute atomic E-state index is 11.4. The van der Waals surface area contributed by atoms with Gasteiger partial charge in [0.25, 0.3) is 0 Å². The lowest BCUT2D eigenvalue weighted by Crippen LogP contribution is -2.30. The minimum atomic E-state index is -0.0856. The van der Waals surface area contributed by atoms with Crippen LogP contribution in [0, 0.1) is 0 Å². The topological polar surface area (TPSA) is 72.9 Å². The number of hydrogen-bond donors (Lipinski definition) is 2. The molecule has 3 N–H and O–H groups in total. The molecule has 5 nitrogen and oxygen atoms in total. The van der Waals surface area contributed by atoms with Crippen LogP contribution in [0.15, 0.2) is 30.6 Å². The van der Waals surface area contributed by atoms with Gasteiger partial charge in [-0.3, -0.25) is 4.79 Å². The first-order valence-electron chi connectivity index (χ1n) is 6.59. The molecule has 5 heteroatoms. The van der Waals surface area contributed by atoms with E-state index in [4.69, 9.17) is 5.73 Å². The number of rotatable bonds is 6. The number of aryl methyl sites for hydroxylation is 1. The van der Waals surface area contributed by atoms with Crippen LogP contribution in [0.5, 0.6) is 0 Å². The van der Waals surface area contributed by atoms with Crippen LogP contribution in [0.1, 0.15) is 19.8 Å². The minimum Gasteiger partial charge on any atom is -0.356 e. The van der Waals surface area contributed by atoms with Crippen LogP contribution in [0.2, 0.25) is 0 Å². The Labute approximate surface area is 112 Å². The zero-order chi connectivity index (χ0) is 13.7. The van der Waals surface area contributed by atoms with Crippen molar-refractivity contribution in [2.45, 2.75) is 32.4 Å². The van der Waals surface area contributed by atoms with Crippen LogP contribution in [0.25, 0.3) is 11.0 Å². The van der Waals surface area contributed by atoms with E-state index in [0.29, 0.717) is 13.0 Å². The van der Waals surface area contributed by atoms with Crippen molar-refractivity contribution in [1.29, 1.82) is 0 Å². The standard InChI is InChI=1S/C14H20N4O/c1-11(15)9-14(19)16-7-4-8-18-10-17-12-5-2-3-6-13(12)18/h2-3,5-6,10-11H,4,7-9,15H2,1H3,(H,16,19). The highest BCUT2D eigenvalue weighted by atomic mass is 16.1. The molecule has 2 rings (SSSR count). The van der Waals surface area contributed by atoms with Crippen molar-refractivity contribution in [3.05, 3.63) is 30.6 Å². The van der Waals surface area contributed by atoms with Crippen molar-refractivity contribution in [3.8, 4) is 0 Å². The first kappa shape index (κ1) is 13.5. The van der Waals surface area contributed by atoms with E-state index in [1.165, 1.54) is 0 Å². The van der Waals surface area contributed by atoms with E-state index in [9.17, 15) is 4.79 Å². The highest BCUT2D eigenvalue weighted by Gasteiger charge is 2.04. The number of nitrogens with zero attached hydrogens (tertiary/aromatic N) is 2. The number of benzene rings is 1. The molecule has 0 radical (unpaired) electrons. The number of fused-ring (bicyclic) bond motifs is 1. The summed E-state index contributed by atoms with van der Waals surface area (Å²) in [5.41, 5.74) is 7.70. The molecular weight excluding hydrogens is 240 g/mol. The predicted molar refractivity (Wildman–Crippen MR) is 75.6 cm³/mol. The summed E-state index contributed by atoms with van der Waals surface area (Å²) in [6.45, 7) is 3.34. The molecule has 1 amide bonds. The van der Waals surface area contributed by atoms with E-state index in [2.05, 4.69) is 20.9 Å². The molecule has 0 aliphatic rings. The summed E-state index contributed by atoms with van der Waals surface area (Å²) in [4.78, 5) is 15.7. The van der Waals surface area contributed by atoms with Crippen LogP contribution in [-0.4, -0.2) is 28.0 Å². The molecule has 1 atom stereocenters. The maximum atomic E-state index is 11.4. The zero-order valence-electron chi connectivity index (χ0n) is 11.2. The lowest BCUT2D eigenvalue weighted by Gasteiger charge is -2.08. The van der Waals surface area contributed by atoms with Crippen LogP contribution in [0.4, 0.5) is 0 Å². The van der Waals surface area contributed by atoms with Gasteiger partial charge in [0.15, 0.2) is 0 Å². The summed E-state index contributed by atoms with van der Waals surface area (Å²) in [6.07, 6.45) is 3.10. The van der Waals surface area contributed by atoms with Gasteiger partial charge in [-0.05, 0) is 25.5 Å². The van der Waals surface area contributed by atoms with Gasteiger partial charge in [-0.2, -0.15) is 0 Å². The molecule has 19 heavy (non-hydrogen) atoms. The van der Waals surface area contributed by atoms with Crippen LogP contribution < -0.4 is 11.1 Å². The third kappa shape index (κ3) is 3.79. The number of carbonyl (C=O) groups is 1. The van der Waals surface area contributed by atoms with Gasteiger partial charge in [0, 0.05) is 25.6 Å². The summed E-state index contributed by atoms with van der Waals surface area (Å²) in [5, 5.41) is 2.87. The fraction of sp³-hybridized carbons (Fsp3) is 0.429. The molecule has 1 heterocycles. The highest BCUT2D eigenvalue weighted by molar-refractivity contribution is 5.76. The Balaban J connectivity index is 1.78. The second kappa shape index (κ2) is 6.33. The lowest BCUT2D eigenvalue weighted by atomic mass is 10.2. The van der Waals surface area contributed by atoms with Crippen LogP contribution in [0.3, 0.4) is 0 Å². The van der Waals surface area contributed by atoms with Gasteiger partial charge in [-0.25, -0.2) is 4.98 Å². The first-order valence-corrected chi connectivity index (χ1v) is 6.59. The van der Waals surface area contributed by atoms with Crippen molar-refractivity contribution in [2.75, 3.05) is 6.54 Å². The quantitative estimate of drug-likeness (QED) is 0.768. The van der Waals surface area contributed by atoms with Gasteiger partial charge in [0.05, 0.1) is 17.4 Å². The second-order valence-electron chi connectivity index (χ2n) is 4.81. The zero-order valence-corrected chi connectivity index (χ0v) is 11.2. The molecule has 0 saturated heterocycles. The largest absolute Gasteiger partial charge is 0.356 e. The van der Waals surface area contributed by atoms with Gasteiger partial charge in [-0.15, -0.1) is 0 Å². The Morgan fingerprint density at radius 3 is 3.05 bits per heavy atom. The number of nitrogens with one attached hydrogen (secondary N) is 1. The van der Waals surface area contributed by atoms with Crippen LogP contribution >= 0.6 is 0 Å². The summed E-state index contributed by atoms with van der Waals surface area (Å²) in [7, 11) is 0. The molecule has 0 spiro atoms. The van der Waals surface area contributed by atoms with Crippen LogP contribution in [-0.2, 0) is 11.3 Å². The number of imidazole rings is 1. The molecule has 2 aromatic rings. The summed E-state index contributed by atoms with van der Waals surface area (Å²) < 4.78 is 2.10. The first-order chi connectivity index (χ1) is 9.16. The molecule has 0 aliphatic heterocycles.